The minimum atomic E-state index is -2.88. The zero-order chi connectivity index (χ0) is 21.3. The number of benzene rings is 3. The van der Waals surface area contributed by atoms with Gasteiger partial charge in [-0.2, -0.15) is 14.0 Å². The molecule has 3 aromatic rings. The fourth-order valence-electron chi connectivity index (χ4n) is 2.94. The lowest BCUT2D eigenvalue weighted by molar-refractivity contribution is -0.115. The lowest BCUT2D eigenvalue weighted by Gasteiger charge is -2.20. The van der Waals surface area contributed by atoms with E-state index in [4.69, 9.17) is 5.26 Å². The summed E-state index contributed by atoms with van der Waals surface area (Å²) in [6, 6.07) is 24.1. The lowest BCUT2D eigenvalue weighted by Crippen LogP contribution is -2.31. The smallest absolute Gasteiger partial charge is 0.387 e. The molecule has 1 atom stereocenters. The van der Waals surface area contributed by atoms with Crippen molar-refractivity contribution >= 4 is 11.6 Å². The molecule has 0 saturated heterocycles. The molecule has 0 fully saturated rings. The highest BCUT2D eigenvalue weighted by molar-refractivity contribution is 5.92. The maximum atomic E-state index is 12.4. The molecule has 0 bridgehead atoms. The van der Waals surface area contributed by atoms with Crippen LogP contribution in [0.25, 0.3) is 0 Å². The zero-order valence-corrected chi connectivity index (χ0v) is 15.9. The molecule has 0 spiro atoms. The highest BCUT2D eigenvalue weighted by Gasteiger charge is 2.16. The van der Waals surface area contributed by atoms with Crippen molar-refractivity contribution in [2.45, 2.75) is 12.7 Å². The first kappa shape index (κ1) is 21.0. The molecule has 2 N–H and O–H groups in total. The Morgan fingerprint density at radius 3 is 2.17 bits per heavy atom. The molecule has 0 aromatic heterocycles. The highest BCUT2D eigenvalue weighted by Crippen LogP contribution is 2.24. The van der Waals surface area contributed by atoms with Crippen LogP contribution in [0.1, 0.15) is 22.7 Å². The predicted molar refractivity (Wildman–Crippen MR) is 109 cm³/mol. The third kappa shape index (κ3) is 5.87. The van der Waals surface area contributed by atoms with Crippen LogP contribution < -0.4 is 15.4 Å². The van der Waals surface area contributed by atoms with Crippen LogP contribution in [0.2, 0.25) is 0 Å². The molecule has 5 nitrogen and oxygen atoms in total. The third-order valence-corrected chi connectivity index (χ3v) is 4.34. The van der Waals surface area contributed by atoms with Crippen molar-refractivity contribution in [3.8, 4) is 11.8 Å². The molecule has 0 aliphatic heterocycles. The van der Waals surface area contributed by atoms with Crippen LogP contribution in [-0.4, -0.2) is 19.1 Å². The van der Waals surface area contributed by atoms with E-state index in [1.54, 1.807) is 36.4 Å². The van der Waals surface area contributed by atoms with Crippen LogP contribution in [0.5, 0.6) is 5.75 Å². The summed E-state index contributed by atoms with van der Waals surface area (Å²) in [7, 11) is 0. The summed E-state index contributed by atoms with van der Waals surface area (Å²) in [4.78, 5) is 12.4. The van der Waals surface area contributed by atoms with Crippen LogP contribution in [0.4, 0.5) is 14.5 Å². The highest BCUT2D eigenvalue weighted by atomic mass is 19.3. The molecule has 0 aliphatic rings. The van der Waals surface area contributed by atoms with Gasteiger partial charge in [0.2, 0.25) is 5.91 Å². The van der Waals surface area contributed by atoms with Gasteiger partial charge in [0.05, 0.1) is 24.2 Å². The Hall–Kier alpha value is -3.76. The Balaban J connectivity index is 1.70. The Morgan fingerprint density at radius 1 is 0.933 bits per heavy atom. The number of rotatable bonds is 8. The largest absolute Gasteiger partial charge is 0.435 e. The first-order valence-electron chi connectivity index (χ1n) is 9.18. The van der Waals surface area contributed by atoms with Crippen molar-refractivity contribution in [2.24, 2.45) is 0 Å². The number of alkyl halides is 2. The van der Waals surface area contributed by atoms with Crippen molar-refractivity contribution in [1.82, 2.24) is 5.32 Å². The minimum Gasteiger partial charge on any atom is -0.435 e. The number of halogens is 2. The quantitative estimate of drug-likeness (QED) is 0.578. The molecule has 3 aromatic carbocycles. The number of carbonyl (C=O) groups excluding carboxylic acids is 1. The normalized spacial score (nSPS) is 11.5. The van der Waals surface area contributed by atoms with Crippen LogP contribution in [-0.2, 0) is 4.79 Å². The van der Waals surface area contributed by atoms with E-state index in [-0.39, 0.29) is 24.2 Å². The number of amides is 1. The van der Waals surface area contributed by atoms with Crippen molar-refractivity contribution in [1.29, 1.82) is 5.26 Å². The summed E-state index contributed by atoms with van der Waals surface area (Å²) in [5, 5.41) is 14.8. The number of nitrogens with one attached hydrogen (secondary N) is 2. The minimum absolute atomic E-state index is 0.0227. The average Bonchev–Trinajstić information content (AvgIpc) is 2.76. The topological polar surface area (TPSA) is 74.2 Å². The second-order valence-electron chi connectivity index (χ2n) is 6.41. The number of hydrogen-bond donors (Lipinski definition) is 2. The fourth-order valence-corrected chi connectivity index (χ4v) is 2.94. The Labute approximate surface area is 172 Å². The molecule has 152 valence electrons. The van der Waals surface area contributed by atoms with E-state index in [1.165, 1.54) is 12.1 Å². The van der Waals surface area contributed by atoms with E-state index < -0.39 is 6.61 Å². The first-order valence-corrected chi connectivity index (χ1v) is 9.18. The lowest BCUT2D eigenvalue weighted by atomic mass is 9.98. The van der Waals surface area contributed by atoms with Gasteiger partial charge in [-0.05, 0) is 47.5 Å². The predicted octanol–water partition coefficient (Wildman–Crippen LogP) is 4.48. The van der Waals surface area contributed by atoms with Crippen molar-refractivity contribution < 1.29 is 18.3 Å². The van der Waals surface area contributed by atoms with Crippen LogP contribution in [0.15, 0.2) is 78.9 Å². The van der Waals surface area contributed by atoms with Gasteiger partial charge in [0.15, 0.2) is 0 Å². The van der Waals surface area contributed by atoms with Crippen molar-refractivity contribution in [3.05, 3.63) is 95.6 Å². The molecule has 7 heteroatoms. The first-order chi connectivity index (χ1) is 14.5. The number of nitriles is 1. The summed E-state index contributed by atoms with van der Waals surface area (Å²) in [5.74, 6) is -0.183. The van der Waals surface area contributed by atoms with Gasteiger partial charge < -0.3 is 10.1 Å². The monoisotopic (exact) mass is 407 g/mol. The number of carbonyl (C=O) groups is 1. The molecule has 30 heavy (non-hydrogen) atoms. The molecule has 0 heterocycles. The standard InChI is InChI=1S/C23H19F2N3O2/c24-23(25)30-20-12-8-18(9-13-20)22(17-4-2-1-3-5-17)27-15-21(29)28-19-10-6-16(14-26)7-11-19/h1-13,22-23,27H,15H2,(H,28,29)/t22-/m1/s1. The van der Waals surface area contributed by atoms with E-state index in [2.05, 4.69) is 15.4 Å². The zero-order valence-electron chi connectivity index (χ0n) is 15.9. The summed E-state index contributed by atoms with van der Waals surface area (Å²) >= 11 is 0. The van der Waals surface area contributed by atoms with Crippen molar-refractivity contribution in [3.63, 3.8) is 0 Å². The van der Waals surface area contributed by atoms with E-state index in [0.717, 1.165) is 11.1 Å². The molecule has 0 aliphatic carbocycles. The van der Waals surface area contributed by atoms with Gasteiger partial charge in [0, 0.05) is 5.69 Å². The van der Waals surface area contributed by atoms with E-state index >= 15 is 0 Å². The molecular weight excluding hydrogens is 388 g/mol. The number of anilines is 1. The molecule has 1 amide bonds. The number of nitrogens with zero attached hydrogens (tertiary/aromatic N) is 1. The Kier molecular flexibility index (Phi) is 7.09. The van der Waals surface area contributed by atoms with Crippen LogP contribution in [0.3, 0.4) is 0 Å². The maximum Gasteiger partial charge on any atom is 0.387 e. The molecule has 3 rings (SSSR count). The van der Waals surface area contributed by atoms with Crippen LogP contribution >= 0.6 is 0 Å². The van der Waals surface area contributed by atoms with Gasteiger partial charge in [-0.25, -0.2) is 0 Å². The molecule has 0 saturated carbocycles. The van der Waals surface area contributed by atoms with E-state index in [0.29, 0.717) is 11.3 Å². The van der Waals surface area contributed by atoms with Gasteiger partial charge in [-0.3, -0.25) is 10.1 Å². The number of ether oxygens (including phenoxy) is 1. The average molecular weight is 407 g/mol. The summed E-state index contributed by atoms with van der Waals surface area (Å²) in [6.07, 6.45) is 0. The second-order valence-corrected chi connectivity index (χ2v) is 6.41. The molecular formula is C23H19F2N3O2. The van der Waals surface area contributed by atoms with Gasteiger partial charge in [-0.1, -0.05) is 42.5 Å². The Morgan fingerprint density at radius 2 is 1.57 bits per heavy atom. The van der Waals surface area contributed by atoms with E-state index in [9.17, 15) is 13.6 Å². The SMILES string of the molecule is N#Cc1ccc(NC(=O)CN[C@H](c2ccccc2)c2ccc(OC(F)F)cc2)cc1. The van der Waals surface area contributed by atoms with Crippen LogP contribution in [0, 0.1) is 11.3 Å². The Bertz CT molecular complexity index is 1000. The van der Waals surface area contributed by atoms with Gasteiger partial charge in [0.1, 0.15) is 5.75 Å². The molecule has 0 unspecified atom stereocenters. The number of hydrogen-bond acceptors (Lipinski definition) is 4. The van der Waals surface area contributed by atoms with Crippen molar-refractivity contribution in [2.75, 3.05) is 11.9 Å². The summed E-state index contributed by atoms with van der Waals surface area (Å²) in [5.41, 5.74) is 2.82. The second kappa shape index (κ2) is 10.1. The summed E-state index contributed by atoms with van der Waals surface area (Å²) in [6.45, 7) is -2.86. The summed E-state index contributed by atoms with van der Waals surface area (Å²) < 4.78 is 29.2. The van der Waals surface area contributed by atoms with Gasteiger partial charge in [-0.15, -0.1) is 0 Å². The fraction of sp³-hybridized carbons (Fsp3) is 0.130. The van der Waals surface area contributed by atoms with Gasteiger partial charge >= 0.3 is 6.61 Å². The molecule has 0 radical (unpaired) electrons. The van der Waals surface area contributed by atoms with E-state index in [1.807, 2.05) is 36.4 Å². The third-order valence-electron chi connectivity index (χ3n) is 4.34. The maximum absolute atomic E-state index is 12.4. The van der Waals surface area contributed by atoms with Gasteiger partial charge in [0.25, 0.3) is 0 Å².